The highest BCUT2D eigenvalue weighted by atomic mass is 16.2. The summed E-state index contributed by atoms with van der Waals surface area (Å²) in [6.45, 7) is 7.48. The number of carbonyl (C=O) groups is 1. The zero-order valence-corrected chi connectivity index (χ0v) is 13.7. The van der Waals surface area contributed by atoms with Crippen LogP contribution in [0.4, 0.5) is 0 Å². The summed E-state index contributed by atoms with van der Waals surface area (Å²) in [6, 6.07) is 0. The van der Waals surface area contributed by atoms with E-state index in [1.165, 1.54) is 0 Å². The van der Waals surface area contributed by atoms with Gasteiger partial charge in [0.05, 0.1) is 17.8 Å². The maximum Gasteiger partial charge on any atom is 0.227 e. The van der Waals surface area contributed by atoms with Gasteiger partial charge >= 0.3 is 0 Å². The smallest absolute Gasteiger partial charge is 0.227 e. The van der Waals surface area contributed by atoms with E-state index in [-0.39, 0.29) is 5.91 Å². The Labute approximate surface area is 130 Å². The van der Waals surface area contributed by atoms with Crippen LogP contribution in [0.25, 0.3) is 0 Å². The molecule has 1 fully saturated rings. The molecule has 1 atom stereocenters. The monoisotopic (exact) mass is 301 g/mol. The SMILES string of the molecule is Cc1cn(C)c([C@H]2CCN(C(=O)Cc3c(C)n[nH]c3C)C2)n1. The number of amides is 1. The van der Waals surface area contributed by atoms with Gasteiger partial charge in [-0.05, 0) is 27.2 Å². The Kier molecular flexibility index (Phi) is 3.76. The minimum absolute atomic E-state index is 0.182. The molecule has 0 aromatic carbocycles. The molecule has 0 aliphatic carbocycles. The van der Waals surface area contributed by atoms with Crippen LogP contribution < -0.4 is 0 Å². The van der Waals surface area contributed by atoms with Gasteiger partial charge in [-0.25, -0.2) is 4.98 Å². The van der Waals surface area contributed by atoms with Crippen LogP contribution in [0.15, 0.2) is 6.20 Å². The molecule has 3 heterocycles. The number of likely N-dealkylation sites (tertiary alicyclic amines) is 1. The van der Waals surface area contributed by atoms with Gasteiger partial charge < -0.3 is 9.47 Å². The van der Waals surface area contributed by atoms with Gasteiger partial charge in [-0.15, -0.1) is 0 Å². The molecule has 1 aliphatic rings. The van der Waals surface area contributed by atoms with Crippen molar-refractivity contribution in [3.8, 4) is 0 Å². The van der Waals surface area contributed by atoms with Gasteiger partial charge in [0.25, 0.3) is 0 Å². The van der Waals surface area contributed by atoms with Gasteiger partial charge in [0, 0.05) is 43.5 Å². The third-order valence-electron chi connectivity index (χ3n) is 4.55. The summed E-state index contributed by atoms with van der Waals surface area (Å²) in [5, 5.41) is 7.11. The van der Waals surface area contributed by atoms with Crippen molar-refractivity contribution in [3.05, 3.63) is 34.7 Å². The van der Waals surface area contributed by atoms with Crippen molar-refractivity contribution in [1.82, 2.24) is 24.6 Å². The zero-order chi connectivity index (χ0) is 15.9. The first-order valence-corrected chi connectivity index (χ1v) is 7.73. The van der Waals surface area contributed by atoms with Crippen molar-refractivity contribution in [3.63, 3.8) is 0 Å². The van der Waals surface area contributed by atoms with Crippen molar-refractivity contribution in [1.29, 1.82) is 0 Å². The number of H-pyrrole nitrogens is 1. The van der Waals surface area contributed by atoms with E-state index in [9.17, 15) is 4.79 Å². The third-order valence-corrected chi connectivity index (χ3v) is 4.55. The Hall–Kier alpha value is -2.11. The minimum Gasteiger partial charge on any atom is -0.342 e. The number of nitrogens with zero attached hydrogens (tertiary/aromatic N) is 4. The average Bonchev–Trinajstić information content (AvgIpc) is 3.14. The Bertz CT molecular complexity index is 680. The van der Waals surface area contributed by atoms with E-state index in [4.69, 9.17) is 0 Å². The average molecular weight is 301 g/mol. The lowest BCUT2D eigenvalue weighted by Crippen LogP contribution is -2.30. The lowest BCUT2D eigenvalue weighted by Gasteiger charge is -2.16. The molecule has 1 aliphatic heterocycles. The van der Waals surface area contributed by atoms with Crippen molar-refractivity contribution in [2.45, 2.75) is 39.5 Å². The number of hydrogen-bond donors (Lipinski definition) is 1. The van der Waals surface area contributed by atoms with Crippen LogP contribution >= 0.6 is 0 Å². The standard InChI is InChI=1S/C16H23N5O/c1-10-8-20(4)16(17-10)13-5-6-21(9-13)15(22)7-14-11(2)18-19-12(14)3/h8,13H,5-7,9H2,1-4H3,(H,18,19)/t13-/m0/s1. The van der Waals surface area contributed by atoms with Crippen LogP contribution in [0, 0.1) is 20.8 Å². The van der Waals surface area contributed by atoms with Gasteiger partial charge in [-0.3, -0.25) is 9.89 Å². The van der Waals surface area contributed by atoms with Gasteiger partial charge in [0.2, 0.25) is 5.91 Å². The van der Waals surface area contributed by atoms with Gasteiger partial charge in [-0.2, -0.15) is 5.10 Å². The first kappa shape index (κ1) is 14.8. The lowest BCUT2D eigenvalue weighted by molar-refractivity contribution is -0.129. The molecule has 2 aromatic heterocycles. The molecule has 1 saturated heterocycles. The Morgan fingerprint density at radius 2 is 2.18 bits per heavy atom. The molecule has 0 bridgehead atoms. The largest absolute Gasteiger partial charge is 0.342 e. The second-order valence-corrected chi connectivity index (χ2v) is 6.27. The second-order valence-electron chi connectivity index (χ2n) is 6.27. The molecule has 6 nitrogen and oxygen atoms in total. The number of imidazole rings is 1. The summed E-state index contributed by atoms with van der Waals surface area (Å²) in [7, 11) is 2.03. The Morgan fingerprint density at radius 1 is 1.41 bits per heavy atom. The number of rotatable bonds is 3. The highest BCUT2D eigenvalue weighted by molar-refractivity contribution is 5.79. The number of carbonyl (C=O) groups excluding carboxylic acids is 1. The molecule has 22 heavy (non-hydrogen) atoms. The number of aromatic amines is 1. The highest BCUT2D eigenvalue weighted by Gasteiger charge is 2.30. The summed E-state index contributed by atoms with van der Waals surface area (Å²) < 4.78 is 2.08. The maximum absolute atomic E-state index is 12.5. The van der Waals surface area contributed by atoms with E-state index in [1.54, 1.807) is 0 Å². The fraction of sp³-hybridized carbons (Fsp3) is 0.562. The molecule has 3 rings (SSSR count). The van der Waals surface area contributed by atoms with E-state index in [1.807, 2.05) is 38.9 Å². The minimum atomic E-state index is 0.182. The molecular weight excluding hydrogens is 278 g/mol. The van der Waals surface area contributed by atoms with E-state index in [0.717, 1.165) is 48.0 Å². The normalized spacial score (nSPS) is 18.2. The molecule has 0 unspecified atom stereocenters. The predicted octanol–water partition coefficient (Wildman–Crippen LogP) is 1.63. The lowest BCUT2D eigenvalue weighted by atomic mass is 10.1. The van der Waals surface area contributed by atoms with E-state index in [0.29, 0.717) is 12.3 Å². The van der Waals surface area contributed by atoms with Gasteiger partial charge in [0.15, 0.2) is 0 Å². The fourth-order valence-corrected chi connectivity index (χ4v) is 3.31. The first-order valence-electron chi connectivity index (χ1n) is 7.73. The van der Waals surface area contributed by atoms with E-state index < -0.39 is 0 Å². The fourth-order valence-electron chi connectivity index (χ4n) is 3.31. The molecule has 0 radical (unpaired) electrons. The van der Waals surface area contributed by atoms with Crippen LogP contribution in [-0.4, -0.2) is 43.6 Å². The first-order chi connectivity index (χ1) is 10.5. The molecule has 1 amide bonds. The number of aromatic nitrogens is 4. The summed E-state index contributed by atoms with van der Waals surface area (Å²) >= 11 is 0. The Morgan fingerprint density at radius 3 is 2.77 bits per heavy atom. The topological polar surface area (TPSA) is 66.8 Å². The highest BCUT2D eigenvalue weighted by Crippen LogP contribution is 2.27. The summed E-state index contributed by atoms with van der Waals surface area (Å²) in [6.07, 6.45) is 3.46. The molecular formula is C16H23N5O. The molecule has 2 aromatic rings. The van der Waals surface area contributed by atoms with Gasteiger partial charge in [-0.1, -0.05) is 0 Å². The van der Waals surface area contributed by atoms with E-state index >= 15 is 0 Å². The third kappa shape index (κ3) is 2.65. The van der Waals surface area contributed by atoms with Crippen LogP contribution in [0.2, 0.25) is 0 Å². The molecule has 0 spiro atoms. The summed E-state index contributed by atoms with van der Waals surface area (Å²) in [5.41, 5.74) is 3.97. The van der Waals surface area contributed by atoms with Crippen molar-refractivity contribution in [2.24, 2.45) is 7.05 Å². The zero-order valence-electron chi connectivity index (χ0n) is 13.7. The number of hydrogen-bond acceptors (Lipinski definition) is 3. The molecule has 118 valence electrons. The number of aryl methyl sites for hydroxylation is 4. The van der Waals surface area contributed by atoms with Crippen molar-refractivity contribution in [2.75, 3.05) is 13.1 Å². The molecule has 1 N–H and O–H groups in total. The van der Waals surface area contributed by atoms with Crippen LogP contribution in [-0.2, 0) is 18.3 Å². The van der Waals surface area contributed by atoms with Crippen LogP contribution in [0.1, 0.15) is 40.8 Å². The van der Waals surface area contributed by atoms with Crippen molar-refractivity contribution >= 4 is 5.91 Å². The van der Waals surface area contributed by atoms with E-state index in [2.05, 4.69) is 19.7 Å². The van der Waals surface area contributed by atoms with Crippen molar-refractivity contribution < 1.29 is 4.79 Å². The summed E-state index contributed by atoms with van der Waals surface area (Å²) in [5.74, 6) is 1.61. The maximum atomic E-state index is 12.5. The molecule has 6 heteroatoms. The molecule has 0 saturated carbocycles. The second kappa shape index (κ2) is 5.59. The van der Waals surface area contributed by atoms with Crippen LogP contribution in [0.5, 0.6) is 0 Å². The quantitative estimate of drug-likeness (QED) is 0.937. The number of nitrogens with one attached hydrogen (secondary N) is 1. The van der Waals surface area contributed by atoms with Gasteiger partial charge in [0.1, 0.15) is 5.82 Å². The predicted molar refractivity (Wildman–Crippen MR) is 83.6 cm³/mol. The Balaban J connectivity index is 1.67. The summed E-state index contributed by atoms with van der Waals surface area (Å²) in [4.78, 5) is 19.1. The van der Waals surface area contributed by atoms with Crippen LogP contribution in [0.3, 0.4) is 0 Å².